The monoisotopic (exact) mass is 270 g/mol. The molecule has 1 amide bonds. The van der Waals surface area contributed by atoms with Crippen LogP contribution in [0.5, 0.6) is 5.75 Å². The minimum absolute atomic E-state index is 0.150. The van der Waals surface area contributed by atoms with Gasteiger partial charge in [0.25, 0.3) is 5.91 Å². The summed E-state index contributed by atoms with van der Waals surface area (Å²) in [4.78, 5) is 11.6. The van der Waals surface area contributed by atoms with Crippen LogP contribution in [0.25, 0.3) is 0 Å². The molecule has 0 fully saturated rings. The van der Waals surface area contributed by atoms with Crippen molar-refractivity contribution in [1.29, 1.82) is 0 Å². The Morgan fingerprint density at radius 2 is 2.17 bits per heavy atom. The molecule has 3 N–H and O–H groups in total. The summed E-state index contributed by atoms with van der Waals surface area (Å²) in [7, 11) is 0. The van der Waals surface area contributed by atoms with Gasteiger partial charge in [0.1, 0.15) is 5.75 Å². The lowest BCUT2D eigenvalue weighted by atomic mass is 10.1. The number of benzene rings is 1. The first-order chi connectivity index (χ1) is 8.45. The van der Waals surface area contributed by atoms with Crippen molar-refractivity contribution in [2.24, 2.45) is 5.73 Å². The first kappa shape index (κ1) is 14.8. The van der Waals surface area contributed by atoms with Gasteiger partial charge in [-0.05, 0) is 39.0 Å². The first-order valence-electron chi connectivity index (χ1n) is 5.95. The Hall–Kier alpha value is -1.26. The van der Waals surface area contributed by atoms with Crippen LogP contribution in [0.3, 0.4) is 0 Å². The smallest absolute Gasteiger partial charge is 0.260 e. The maximum Gasteiger partial charge on any atom is 0.260 e. The Bertz CT molecular complexity index is 421. The molecule has 0 bridgehead atoms. The molecule has 0 saturated heterocycles. The summed E-state index contributed by atoms with van der Waals surface area (Å²) in [5.74, 6) is 0.441. The first-order valence-corrected chi connectivity index (χ1v) is 6.32. The Labute approximate surface area is 112 Å². The molecule has 0 aliphatic heterocycles. The van der Waals surface area contributed by atoms with Gasteiger partial charge in [0, 0.05) is 23.2 Å². The highest BCUT2D eigenvalue weighted by molar-refractivity contribution is 6.30. The molecule has 0 saturated carbocycles. The van der Waals surface area contributed by atoms with Gasteiger partial charge in [-0.15, -0.1) is 0 Å². The van der Waals surface area contributed by atoms with Crippen LogP contribution in [0.4, 0.5) is 0 Å². The number of amides is 1. The minimum atomic E-state index is -0.566. The molecule has 1 unspecified atom stereocenters. The lowest BCUT2D eigenvalue weighted by Crippen LogP contribution is -2.36. The number of likely N-dealkylation sites (N-methyl/N-ethyl adjacent to an activating group) is 1. The van der Waals surface area contributed by atoms with E-state index in [2.05, 4.69) is 5.32 Å². The fraction of sp³-hybridized carbons (Fsp3) is 0.462. The molecular formula is C13H19ClN2O2. The zero-order valence-electron chi connectivity index (χ0n) is 10.9. The fourth-order valence-electron chi connectivity index (χ4n) is 1.54. The van der Waals surface area contributed by atoms with Crippen LogP contribution < -0.4 is 15.8 Å². The third-order valence-corrected chi connectivity index (χ3v) is 2.72. The topological polar surface area (TPSA) is 64.3 Å². The highest BCUT2D eigenvalue weighted by Crippen LogP contribution is 2.28. The number of carbonyl (C=O) groups is 1. The van der Waals surface area contributed by atoms with E-state index in [1.165, 1.54) is 0 Å². The van der Waals surface area contributed by atoms with Crippen molar-refractivity contribution in [3.8, 4) is 5.75 Å². The van der Waals surface area contributed by atoms with Crippen LogP contribution in [-0.2, 0) is 4.79 Å². The van der Waals surface area contributed by atoms with Crippen molar-refractivity contribution < 1.29 is 9.53 Å². The number of hydrogen-bond donors (Lipinski definition) is 2. The van der Waals surface area contributed by atoms with E-state index in [0.717, 1.165) is 5.56 Å². The Morgan fingerprint density at radius 1 is 1.50 bits per heavy atom. The second-order valence-electron chi connectivity index (χ2n) is 4.13. The van der Waals surface area contributed by atoms with Gasteiger partial charge in [-0.25, -0.2) is 0 Å². The van der Waals surface area contributed by atoms with E-state index in [-0.39, 0.29) is 11.9 Å². The molecular weight excluding hydrogens is 252 g/mol. The van der Waals surface area contributed by atoms with Gasteiger partial charge in [0.05, 0.1) is 0 Å². The van der Waals surface area contributed by atoms with Gasteiger partial charge in [0.15, 0.2) is 6.10 Å². The maximum atomic E-state index is 11.6. The Morgan fingerprint density at radius 3 is 2.72 bits per heavy atom. The third kappa shape index (κ3) is 3.89. The summed E-state index contributed by atoms with van der Waals surface area (Å²) in [5.41, 5.74) is 6.65. The summed E-state index contributed by atoms with van der Waals surface area (Å²) < 4.78 is 5.63. The highest BCUT2D eigenvalue weighted by atomic mass is 35.5. The normalized spacial score (nSPS) is 13.8. The van der Waals surface area contributed by atoms with E-state index in [0.29, 0.717) is 17.3 Å². The molecule has 100 valence electrons. The molecule has 18 heavy (non-hydrogen) atoms. The molecule has 5 heteroatoms. The van der Waals surface area contributed by atoms with Crippen molar-refractivity contribution in [2.75, 3.05) is 6.54 Å². The number of rotatable bonds is 5. The van der Waals surface area contributed by atoms with Crippen LogP contribution in [0, 0.1) is 0 Å². The highest BCUT2D eigenvalue weighted by Gasteiger charge is 2.16. The maximum absolute atomic E-state index is 11.6. The molecule has 0 aromatic heterocycles. The van der Waals surface area contributed by atoms with Crippen molar-refractivity contribution >= 4 is 17.5 Å². The van der Waals surface area contributed by atoms with E-state index in [1.54, 1.807) is 25.1 Å². The molecule has 0 aliphatic rings. The van der Waals surface area contributed by atoms with Gasteiger partial charge >= 0.3 is 0 Å². The van der Waals surface area contributed by atoms with E-state index in [9.17, 15) is 4.79 Å². The number of ether oxygens (including phenoxy) is 1. The van der Waals surface area contributed by atoms with Gasteiger partial charge in [0.2, 0.25) is 0 Å². The lowest BCUT2D eigenvalue weighted by Gasteiger charge is -2.18. The zero-order chi connectivity index (χ0) is 13.7. The summed E-state index contributed by atoms with van der Waals surface area (Å²) in [6.45, 7) is 5.98. The average Bonchev–Trinajstić information content (AvgIpc) is 2.31. The predicted octanol–water partition coefficient (Wildman–Crippen LogP) is 2.26. The van der Waals surface area contributed by atoms with Crippen LogP contribution in [0.15, 0.2) is 18.2 Å². The number of nitrogens with one attached hydrogen (secondary N) is 1. The van der Waals surface area contributed by atoms with Gasteiger partial charge in [-0.1, -0.05) is 11.6 Å². The summed E-state index contributed by atoms with van der Waals surface area (Å²) in [5, 5.41) is 3.30. The van der Waals surface area contributed by atoms with Crippen molar-refractivity contribution in [2.45, 2.75) is 32.9 Å². The summed E-state index contributed by atoms with van der Waals surface area (Å²) in [6.07, 6.45) is -0.566. The standard InChI is InChI=1S/C13H19ClN2O2/c1-4-16-13(17)9(3)18-12-6-5-10(14)7-11(12)8(2)15/h5-9H,4,15H2,1-3H3,(H,16,17)/t8-,9?/m0/s1. The van der Waals surface area contributed by atoms with Crippen molar-refractivity contribution in [3.05, 3.63) is 28.8 Å². The molecule has 1 aromatic carbocycles. The van der Waals surface area contributed by atoms with E-state index in [4.69, 9.17) is 22.1 Å². The van der Waals surface area contributed by atoms with Crippen LogP contribution in [0.1, 0.15) is 32.4 Å². The van der Waals surface area contributed by atoms with E-state index >= 15 is 0 Å². The molecule has 1 aromatic rings. The fourth-order valence-corrected chi connectivity index (χ4v) is 1.72. The van der Waals surface area contributed by atoms with Crippen LogP contribution in [0.2, 0.25) is 5.02 Å². The van der Waals surface area contributed by atoms with E-state index in [1.807, 2.05) is 13.8 Å². The Kier molecular flexibility index (Phi) is 5.44. The molecule has 0 spiro atoms. The average molecular weight is 271 g/mol. The van der Waals surface area contributed by atoms with Gasteiger partial charge < -0.3 is 15.8 Å². The number of carbonyl (C=O) groups excluding carboxylic acids is 1. The number of hydrogen-bond acceptors (Lipinski definition) is 3. The minimum Gasteiger partial charge on any atom is -0.481 e. The largest absolute Gasteiger partial charge is 0.481 e. The summed E-state index contributed by atoms with van der Waals surface area (Å²) in [6, 6.07) is 5.00. The quantitative estimate of drug-likeness (QED) is 0.863. The van der Waals surface area contributed by atoms with Crippen LogP contribution in [-0.4, -0.2) is 18.6 Å². The van der Waals surface area contributed by atoms with Crippen molar-refractivity contribution in [3.63, 3.8) is 0 Å². The van der Waals surface area contributed by atoms with Gasteiger partial charge in [-0.2, -0.15) is 0 Å². The Balaban J connectivity index is 2.87. The molecule has 4 nitrogen and oxygen atoms in total. The number of halogens is 1. The van der Waals surface area contributed by atoms with E-state index < -0.39 is 6.10 Å². The van der Waals surface area contributed by atoms with Crippen LogP contribution >= 0.6 is 11.6 Å². The SMILES string of the molecule is CCNC(=O)C(C)Oc1ccc(Cl)cc1[C@H](C)N. The predicted molar refractivity (Wildman–Crippen MR) is 72.8 cm³/mol. The molecule has 0 aliphatic carbocycles. The molecule has 2 atom stereocenters. The lowest BCUT2D eigenvalue weighted by molar-refractivity contribution is -0.127. The second kappa shape index (κ2) is 6.61. The zero-order valence-corrected chi connectivity index (χ0v) is 11.6. The molecule has 1 rings (SSSR count). The van der Waals surface area contributed by atoms with Crippen molar-refractivity contribution in [1.82, 2.24) is 5.32 Å². The molecule has 0 radical (unpaired) electrons. The second-order valence-corrected chi connectivity index (χ2v) is 4.56. The van der Waals surface area contributed by atoms with Gasteiger partial charge in [-0.3, -0.25) is 4.79 Å². The summed E-state index contributed by atoms with van der Waals surface area (Å²) >= 11 is 5.92. The molecule has 0 heterocycles. The third-order valence-electron chi connectivity index (χ3n) is 2.49. The number of nitrogens with two attached hydrogens (primary N) is 1.